The highest BCUT2D eigenvalue weighted by atomic mass is 19.1. The van der Waals surface area contributed by atoms with E-state index in [1.165, 1.54) is 17.7 Å². The molecule has 0 radical (unpaired) electrons. The Labute approximate surface area is 114 Å². The number of halogens is 1. The standard InChI is InChI=1S/C17H20FN/c1-2-17(13-19,15-6-4-3-5-7-15)12-14-8-10-16(18)11-9-14/h3-11H,2,12-13,19H2,1H3. The fourth-order valence-electron chi connectivity index (χ4n) is 2.55. The molecule has 2 N–H and O–H groups in total. The lowest BCUT2D eigenvalue weighted by Crippen LogP contribution is -2.36. The van der Waals surface area contributed by atoms with Crippen LogP contribution in [-0.2, 0) is 11.8 Å². The molecule has 19 heavy (non-hydrogen) atoms. The van der Waals surface area contributed by atoms with Crippen molar-refractivity contribution in [2.24, 2.45) is 5.73 Å². The first-order chi connectivity index (χ1) is 9.20. The third-order valence-corrected chi connectivity index (χ3v) is 3.91. The van der Waals surface area contributed by atoms with Gasteiger partial charge in [0, 0.05) is 12.0 Å². The van der Waals surface area contributed by atoms with Crippen molar-refractivity contribution in [2.75, 3.05) is 6.54 Å². The number of rotatable bonds is 5. The van der Waals surface area contributed by atoms with Crippen molar-refractivity contribution in [1.82, 2.24) is 0 Å². The van der Waals surface area contributed by atoms with E-state index in [1.807, 2.05) is 30.3 Å². The van der Waals surface area contributed by atoms with Gasteiger partial charge in [-0.3, -0.25) is 0 Å². The lowest BCUT2D eigenvalue weighted by molar-refractivity contribution is 0.418. The number of hydrogen-bond acceptors (Lipinski definition) is 1. The summed E-state index contributed by atoms with van der Waals surface area (Å²) in [4.78, 5) is 0. The van der Waals surface area contributed by atoms with Gasteiger partial charge in [0.05, 0.1) is 0 Å². The maximum atomic E-state index is 13.0. The highest BCUT2D eigenvalue weighted by Crippen LogP contribution is 2.31. The molecule has 1 atom stereocenters. The van der Waals surface area contributed by atoms with Crippen LogP contribution in [-0.4, -0.2) is 6.54 Å². The summed E-state index contributed by atoms with van der Waals surface area (Å²) >= 11 is 0. The number of benzene rings is 2. The molecule has 0 spiro atoms. The van der Waals surface area contributed by atoms with Gasteiger partial charge < -0.3 is 5.73 Å². The first kappa shape index (κ1) is 13.8. The van der Waals surface area contributed by atoms with Crippen LogP contribution in [0.5, 0.6) is 0 Å². The van der Waals surface area contributed by atoms with Gasteiger partial charge in [0.15, 0.2) is 0 Å². The molecule has 0 aliphatic heterocycles. The molecule has 0 saturated carbocycles. The third kappa shape index (κ3) is 3.02. The first-order valence-electron chi connectivity index (χ1n) is 6.70. The van der Waals surface area contributed by atoms with Gasteiger partial charge in [-0.1, -0.05) is 49.4 Å². The van der Waals surface area contributed by atoms with E-state index in [0.29, 0.717) is 6.54 Å². The molecule has 0 aliphatic rings. The van der Waals surface area contributed by atoms with Gasteiger partial charge in [0.25, 0.3) is 0 Å². The molecule has 2 aromatic rings. The van der Waals surface area contributed by atoms with Gasteiger partial charge in [0.2, 0.25) is 0 Å². The van der Waals surface area contributed by atoms with Crippen LogP contribution in [0.2, 0.25) is 0 Å². The van der Waals surface area contributed by atoms with Crippen molar-refractivity contribution in [3.8, 4) is 0 Å². The molecule has 1 unspecified atom stereocenters. The van der Waals surface area contributed by atoms with E-state index in [9.17, 15) is 4.39 Å². The summed E-state index contributed by atoms with van der Waals surface area (Å²) in [5.41, 5.74) is 8.36. The highest BCUT2D eigenvalue weighted by Gasteiger charge is 2.28. The Hall–Kier alpha value is -1.67. The smallest absolute Gasteiger partial charge is 0.123 e. The zero-order chi connectivity index (χ0) is 13.7. The Kier molecular flexibility index (Phi) is 4.33. The molecule has 2 rings (SSSR count). The van der Waals surface area contributed by atoms with Gasteiger partial charge >= 0.3 is 0 Å². The lowest BCUT2D eigenvalue weighted by Gasteiger charge is -2.32. The highest BCUT2D eigenvalue weighted by molar-refractivity contribution is 5.30. The van der Waals surface area contributed by atoms with E-state index < -0.39 is 0 Å². The monoisotopic (exact) mass is 257 g/mol. The van der Waals surface area contributed by atoms with Gasteiger partial charge in [0.1, 0.15) is 5.82 Å². The number of hydrogen-bond donors (Lipinski definition) is 1. The van der Waals surface area contributed by atoms with Gasteiger partial charge in [-0.15, -0.1) is 0 Å². The van der Waals surface area contributed by atoms with E-state index in [1.54, 1.807) is 0 Å². The molecular weight excluding hydrogens is 237 g/mol. The van der Waals surface area contributed by atoms with Crippen LogP contribution in [0.15, 0.2) is 54.6 Å². The third-order valence-electron chi connectivity index (χ3n) is 3.91. The van der Waals surface area contributed by atoms with E-state index >= 15 is 0 Å². The Bertz CT molecular complexity index is 501. The molecule has 2 heteroatoms. The van der Waals surface area contributed by atoms with E-state index in [-0.39, 0.29) is 11.2 Å². The quantitative estimate of drug-likeness (QED) is 0.869. The van der Waals surface area contributed by atoms with Crippen LogP contribution in [0.25, 0.3) is 0 Å². The molecule has 0 saturated heterocycles. The normalized spacial score (nSPS) is 14.1. The molecule has 0 amide bonds. The van der Waals surface area contributed by atoms with Crippen LogP contribution >= 0.6 is 0 Å². The second-order valence-electron chi connectivity index (χ2n) is 5.01. The topological polar surface area (TPSA) is 26.0 Å². The van der Waals surface area contributed by atoms with Crippen LogP contribution in [0, 0.1) is 5.82 Å². The summed E-state index contributed by atoms with van der Waals surface area (Å²) in [6.45, 7) is 2.74. The van der Waals surface area contributed by atoms with Crippen LogP contribution < -0.4 is 5.73 Å². The predicted octanol–water partition coefficient (Wildman–Crippen LogP) is 3.67. The fraction of sp³-hybridized carbons (Fsp3) is 0.294. The Morgan fingerprint density at radius 1 is 1.00 bits per heavy atom. The summed E-state index contributed by atoms with van der Waals surface area (Å²) in [7, 11) is 0. The molecule has 100 valence electrons. The Morgan fingerprint density at radius 2 is 1.63 bits per heavy atom. The van der Waals surface area contributed by atoms with Gasteiger partial charge in [-0.25, -0.2) is 4.39 Å². The van der Waals surface area contributed by atoms with Gasteiger partial charge in [-0.05, 0) is 36.1 Å². The second kappa shape index (κ2) is 5.98. The summed E-state index contributed by atoms with van der Waals surface area (Å²) in [6, 6.07) is 17.1. The summed E-state index contributed by atoms with van der Waals surface area (Å²) in [6.07, 6.45) is 1.80. The molecule has 1 nitrogen and oxygen atoms in total. The Morgan fingerprint density at radius 3 is 2.16 bits per heavy atom. The minimum Gasteiger partial charge on any atom is -0.330 e. The lowest BCUT2D eigenvalue weighted by atomic mass is 9.73. The van der Waals surface area contributed by atoms with Crippen molar-refractivity contribution >= 4 is 0 Å². The molecule has 0 aromatic heterocycles. The second-order valence-corrected chi connectivity index (χ2v) is 5.01. The Balaban J connectivity index is 2.32. The molecule has 0 bridgehead atoms. The average molecular weight is 257 g/mol. The van der Waals surface area contributed by atoms with Crippen LogP contribution in [0.1, 0.15) is 24.5 Å². The zero-order valence-corrected chi connectivity index (χ0v) is 11.3. The minimum absolute atomic E-state index is 0.0703. The van der Waals surface area contributed by atoms with Gasteiger partial charge in [-0.2, -0.15) is 0 Å². The van der Waals surface area contributed by atoms with Crippen molar-refractivity contribution in [1.29, 1.82) is 0 Å². The van der Waals surface area contributed by atoms with Crippen molar-refractivity contribution in [3.05, 3.63) is 71.5 Å². The van der Waals surface area contributed by atoms with Crippen LogP contribution in [0.3, 0.4) is 0 Å². The molecule has 2 aromatic carbocycles. The first-order valence-corrected chi connectivity index (χ1v) is 6.70. The average Bonchev–Trinajstić information content (AvgIpc) is 2.48. The largest absolute Gasteiger partial charge is 0.330 e. The maximum Gasteiger partial charge on any atom is 0.123 e. The van der Waals surface area contributed by atoms with E-state index in [2.05, 4.69) is 19.1 Å². The number of nitrogens with two attached hydrogens (primary N) is 1. The van der Waals surface area contributed by atoms with E-state index in [4.69, 9.17) is 5.73 Å². The molecule has 0 fully saturated rings. The van der Waals surface area contributed by atoms with Crippen molar-refractivity contribution in [3.63, 3.8) is 0 Å². The molecule has 0 heterocycles. The maximum absolute atomic E-state index is 13.0. The molecular formula is C17H20FN. The molecule has 0 aliphatic carbocycles. The van der Waals surface area contributed by atoms with Crippen LogP contribution in [0.4, 0.5) is 4.39 Å². The predicted molar refractivity (Wildman–Crippen MR) is 77.6 cm³/mol. The summed E-state index contributed by atoms with van der Waals surface area (Å²) in [5.74, 6) is -0.196. The zero-order valence-electron chi connectivity index (χ0n) is 11.3. The summed E-state index contributed by atoms with van der Waals surface area (Å²) < 4.78 is 13.0. The fourth-order valence-corrected chi connectivity index (χ4v) is 2.55. The summed E-state index contributed by atoms with van der Waals surface area (Å²) in [5, 5.41) is 0. The van der Waals surface area contributed by atoms with Crippen molar-refractivity contribution in [2.45, 2.75) is 25.2 Å². The van der Waals surface area contributed by atoms with E-state index in [0.717, 1.165) is 18.4 Å². The minimum atomic E-state index is -0.196. The van der Waals surface area contributed by atoms with Crippen molar-refractivity contribution < 1.29 is 4.39 Å². The SMILES string of the molecule is CCC(CN)(Cc1ccc(F)cc1)c1ccccc1.